The fourth-order valence-electron chi connectivity index (χ4n) is 3.70. The highest BCUT2D eigenvalue weighted by atomic mass is 35.5. The first-order chi connectivity index (χ1) is 13.3. The van der Waals surface area contributed by atoms with E-state index in [2.05, 4.69) is 23.7 Å². The second-order valence-corrected chi connectivity index (χ2v) is 9.22. The highest BCUT2D eigenvalue weighted by molar-refractivity contribution is 7.89. The van der Waals surface area contributed by atoms with E-state index >= 15 is 0 Å². The van der Waals surface area contributed by atoms with Crippen LogP contribution in [0.4, 0.5) is 0 Å². The van der Waals surface area contributed by atoms with Crippen molar-refractivity contribution in [2.75, 3.05) is 26.2 Å². The number of halogens is 1. The molecule has 0 amide bonds. The molecule has 8 heteroatoms. The molecular formula is C20H33ClN4O2S. The highest BCUT2D eigenvalue weighted by Gasteiger charge is 2.32. The van der Waals surface area contributed by atoms with E-state index in [0.717, 1.165) is 38.0 Å². The number of imidazole rings is 1. The zero-order valence-electron chi connectivity index (χ0n) is 17.7. The lowest BCUT2D eigenvalue weighted by Gasteiger charge is -2.28. The molecule has 1 atom stereocenters. The molecule has 0 aliphatic heterocycles. The predicted molar refractivity (Wildman–Crippen MR) is 116 cm³/mol. The maximum absolute atomic E-state index is 13.4. The number of aromatic nitrogens is 2. The summed E-state index contributed by atoms with van der Waals surface area (Å²) < 4.78 is 30.2. The van der Waals surface area contributed by atoms with Gasteiger partial charge in [0.05, 0.1) is 11.0 Å². The first-order valence-corrected chi connectivity index (χ1v) is 12.0. The summed E-state index contributed by atoms with van der Waals surface area (Å²) in [4.78, 5) is 6.80. The lowest BCUT2D eigenvalue weighted by atomic mass is 10.2. The Balaban J connectivity index is 2.29. The van der Waals surface area contributed by atoms with Gasteiger partial charge in [-0.1, -0.05) is 32.4 Å². The molecule has 1 unspecified atom stereocenters. The first-order valence-electron chi connectivity index (χ1n) is 10.2. The van der Waals surface area contributed by atoms with Crippen molar-refractivity contribution in [3.63, 3.8) is 0 Å². The Bertz CT molecular complexity index is 878. The summed E-state index contributed by atoms with van der Waals surface area (Å²) in [6.07, 6.45) is 1.79. The van der Waals surface area contributed by atoms with Gasteiger partial charge in [-0.15, -0.1) is 0 Å². The fraction of sp³-hybridized carbons (Fsp3) is 0.650. The Labute approximate surface area is 174 Å². The topological polar surface area (TPSA) is 58.4 Å². The Hall–Kier alpha value is -1.15. The molecule has 0 aliphatic carbocycles. The molecule has 1 aromatic carbocycles. The number of sulfonamides is 1. The SMILES string of the molecule is CCN(CC)CCCC(C)N(CC)S(=O)(=O)c1nc2cc(Cl)ccc2n1CC. The van der Waals surface area contributed by atoms with Crippen LogP contribution in [0.5, 0.6) is 0 Å². The van der Waals surface area contributed by atoms with Crippen LogP contribution in [0.1, 0.15) is 47.5 Å². The molecule has 28 heavy (non-hydrogen) atoms. The average Bonchev–Trinajstić information content (AvgIpc) is 3.04. The monoisotopic (exact) mass is 428 g/mol. The van der Waals surface area contributed by atoms with Gasteiger partial charge < -0.3 is 9.47 Å². The van der Waals surface area contributed by atoms with E-state index in [1.165, 1.54) is 0 Å². The van der Waals surface area contributed by atoms with Gasteiger partial charge in [0.1, 0.15) is 0 Å². The van der Waals surface area contributed by atoms with Crippen LogP contribution in [0, 0.1) is 0 Å². The number of hydrogen-bond acceptors (Lipinski definition) is 4. The molecule has 0 saturated heterocycles. The van der Waals surface area contributed by atoms with Crippen LogP contribution >= 0.6 is 11.6 Å². The van der Waals surface area contributed by atoms with Gasteiger partial charge in [-0.05, 0) is 64.5 Å². The lowest BCUT2D eigenvalue weighted by molar-refractivity contribution is 0.270. The van der Waals surface area contributed by atoms with Crippen LogP contribution in [0.25, 0.3) is 11.0 Å². The van der Waals surface area contributed by atoms with Crippen molar-refractivity contribution in [1.29, 1.82) is 0 Å². The van der Waals surface area contributed by atoms with Crippen molar-refractivity contribution in [2.24, 2.45) is 0 Å². The largest absolute Gasteiger partial charge is 0.314 e. The van der Waals surface area contributed by atoms with Gasteiger partial charge in [0.25, 0.3) is 10.0 Å². The normalized spacial score (nSPS) is 13.7. The minimum atomic E-state index is -3.70. The van der Waals surface area contributed by atoms with Crippen LogP contribution in [0.15, 0.2) is 23.4 Å². The molecule has 6 nitrogen and oxygen atoms in total. The summed E-state index contributed by atoms with van der Waals surface area (Å²) >= 11 is 6.07. The van der Waals surface area contributed by atoms with E-state index in [9.17, 15) is 8.42 Å². The predicted octanol–water partition coefficient (Wildman–Crippen LogP) is 4.23. The highest BCUT2D eigenvalue weighted by Crippen LogP contribution is 2.26. The summed E-state index contributed by atoms with van der Waals surface area (Å²) in [5.41, 5.74) is 1.40. The number of benzene rings is 1. The summed E-state index contributed by atoms with van der Waals surface area (Å²) in [6.45, 7) is 14.1. The second kappa shape index (κ2) is 10.1. The Kier molecular flexibility index (Phi) is 8.30. The molecule has 0 spiro atoms. The fourth-order valence-corrected chi connectivity index (χ4v) is 5.72. The molecule has 0 fully saturated rings. The molecule has 2 aromatic rings. The Morgan fingerprint density at radius 1 is 1.14 bits per heavy atom. The molecule has 0 radical (unpaired) electrons. The molecule has 0 aliphatic rings. The van der Waals surface area contributed by atoms with Crippen LogP contribution in [0.3, 0.4) is 0 Å². The molecule has 1 heterocycles. The van der Waals surface area contributed by atoms with Gasteiger partial charge in [0.15, 0.2) is 0 Å². The minimum Gasteiger partial charge on any atom is -0.314 e. The van der Waals surface area contributed by atoms with Crippen molar-refractivity contribution in [1.82, 2.24) is 18.8 Å². The van der Waals surface area contributed by atoms with E-state index < -0.39 is 10.0 Å². The number of hydrogen-bond donors (Lipinski definition) is 0. The minimum absolute atomic E-state index is 0.0840. The zero-order chi connectivity index (χ0) is 20.9. The van der Waals surface area contributed by atoms with Crippen molar-refractivity contribution >= 4 is 32.7 Å². The summed E-state index contributed by atoms with van der Waals surface area (Å²) in [5.74, 6) is 0. The van der Waals surface area contributed by atoms with Crippen LogP contribution in [-0.4, -0.2) is 59.4 Å². The van der Waals surface area contributed by atoms with Crippen LogP contribution in [0.2, 0.25) is 5.02 Å². The van der Waals surface area contributed by atoms with Crippen LogP contribution in [-0.2, 0) is 16.6 Å². The van der Waals surface area contributed by atoms with E-state index in [0.29, 0.717) is 23.6 Å². The number of fused-ring (bicyclic) bond motifs is 1. The van der Waals surface area contributed by atoms with Gasteiger partial charge in [-0.2, -0.15) is 4.31 Å². The maximum Gasteiger partial charge on any atom is 0.277 e. The van der Waals surface area contributed by atoms with Gasteiger partial charge in [-0.25, -0.2) is 13.4 Å². The van der Waals surface area contributed by atoms with Crippen LogP contribution < -0.4 is 0 Å². The molecule has 158 valence electrons. The standard InChI is InChI=1S/C20H33ClN4O2S/c1-6-23(7-2)14-10-11-16(5)25(9-4)28(26,27)20-22-18-15-17(21)12-13-19(18)24(20)8-3/h12-13,15-16H,6-11,14H2,1-5H3. The number of nitrogens with zero attached hydrogens (tertiary/aromatic N) is 4. The smallest absolute Gasteiger partial charge is 0.277 e. The van der Waals surface area contributed by atoms with Gasteiger partial charge >= 0.3 is 0 Å². The quantitative estimate of drug-likeness (QED) is 0.537. The van der Waals surface area contributed by atoms with Gasteiger partial charge in [0.2, 0.25) is 5.16 Å². The lowest BCUT2D eigenvalue weighted by Crippen LogP contribution is -2.40. The molecule has 0 saturated carbocycles. The number of rotatable bonds is 11. The molecule has 0 N–H and O–H groups in total. The summed E-state index contributed by atoms with van der Waals surface area (Å²) in [6, 6.07) is 5.23. The van der Waals surface area contributed by atoms with E-state index in [1.807, 2.05) is 26.8 Å². The first kappa shape index (κ1) is 23.1. The molecule has 0 bridgehead atoms. The van der Waals surface area contributed by atoms with Gasteiger partial charge in [-0.3, -0.25) is 0 Å². The Morgan fingerprint density at radius 3 is 2.39 bits per heavy atom. The zero-order valence-corrected chi connectivity index (χ0v) is 19.2. The summed E-state index contributed by atoms with van der Waals surface area (Å²) in [5, 5.41) is 0.652. The van der Waals surface area contributed by atoms with Crippen molar-refractivity contribution < 1.29 is 8.42 Å². The molecule has 2 rings (SSSR count). The van der Waals surface area contributed by atoms with E-state index in [1.54, 1.807) is 21.0 Å². The third-order valence-corrected chi connectivity index (χ3v) is 7.57. The second-order valence-electron chi connectivity index (χ2n) is 7.00. The Morgan fingerprint density at radius 2 is 1.82 bits per heavy atom. The van der Waals surface area contributed by atoms with Crippen molar-refractivity contribution in [3.8, 4) is 0 Å². The summed E-state index contributed by atoms with van der Waals surface area (Å²) in [7, 11) is -3.70. The van der Waals surface area contributed by atoms with E-state index in [-0.39, 0.29) is 11.2 Å². The number of aryl methyl sites for hydroxylation is 1. The molecule has 1 aromatic heterocycles. The van der Waals surface area contributed by atoms with Crippen molar-refractivity contribution in [2.45, 2.75) is 65.2 Å². The van der Waals surface area contributed by atoms with E-state index in [4.69, 9.17) is 11.6 Å². The van der Waals surface area contributed by atoms with Crippen molar-refractivity contribution in [3.05, 3.63) is 23.2 Å². The third kappa shape index (κ3) is 4.87. The third-order valence-electron chi connectivity index (χ3n) is 5.32. The molecular weight excluding hydrogens is 396 g/mol. The average molecular weight is 429 g/mol. The van der Waals surface area contributed by atoms with Gasteiger partial charge in [0, 0.05) is 24.2 Å². The maximum atomic E-state index is 13.4.